The van der Waals surface area contributed by atoms with Crippen LogP contribution < -0.4 is 14.7 Å². The number of phosphoric acid groups is 1. The minimum absolute atomic E-state index is 0.725. The summed E-state index contributed by atoms with van der Waals surface area (Å²) in [7, 11) is -9.48. The summed E-state index contributed by atoms with van der Waals surface area (Å²) in [5.74, 6) is 0. The Kier molecular flexibility index (Phi) is 5.07. The summed E-state index contributed by atoms with van der Waals surface area (Å²) < 4.78 is 34.0. The third kappa shape index (κ3) is 5.02. The molecule has 0 aromatic rings. The van der Waals surface area contributed by atoms with E-state index in [0.717, 1.165) is 6.66 Å². The van der Waals surface area contributed by atoms with Gasteiger partial charge in [-0.25, -0.2) is 0 Å². The molecule has 1 unspecified atom stereocenters. The smallest absolute Gasteiger partial charge is 0.192 e. The normalized spacial score (nSPS) is 36.6. The lowest BCUT2D eigenvalue weighted by atomic mass is 10.1. The molecule has 0 aromatic carbocycles. The first-order valence-corrected chi connectivity index (χ1v) is 8.10. The summed E-state index contributed by atoms with van der Waals surface area (Å²) in [4.78, 5) is 31.2. The van der Waals surface area contributed by atoms with Gasteiger partial charge in [-0.05, 0) is 0 Å². The van der Waals surface area contributed by atoms with Crippen molar-refractivity contribution in [2.24, 2.45) is 0 Å². The number of ether oxygens (including phenoxy) is 1. The standard InChI is InChI=1S/C6H14O10P2/c1-17(9,10)16-6-5(8)4(7)3(15-6)2-14-18(11,12)13/h3-8H,2H2,1H3,(H,9,10)(H2,11,12,13)/p-3/t3-,4-,5-,6-/m1/s1. The highest BCUT2D eigenvalue weighted by Gasteiger charge is 2.44. The van der Waals surface area contributed by atoms with Gasteiger partial charge >= 0.3 is 0 Å². The fraction of sp³-hybridized carbons (Fsp3) is 1.00. The Bertz CT molecular complexity index is 373. The summed E-state index contributed by atoms with van der Waals surface area (Å²) in [6, 6.07) is 0. The van der Waals surface area contributed by atoms with Crippen molar-refractivity contribution in [3.8, 4) is 0 Å². The van der Waals surface area contributed by atoms with Crippen molar-refractivity contribution in [3.63, 3.8) is 0 Å². The summed E-state index contributed by atoms with van der Waals surface area (Å²) in [6.45, 7) is -0.127. The third-order valence-corrected chi connectivity index (χ3v) is 3.07. The van der Waals surface area contributed by atoms with Crippen LogP contribution in [0.15, 0.2) is 0 Å². The zero-order chi connectivity index (χ0) is 14.1. The van der Waals surface area contributed by atoms with Gasteiger partial charge in [0.25, 0.3) is 0 Å². The molecule has 0 aromatic heterocycles. The fourth-order valence-electron chi connectivity index (χ4n) is 1.29. The van der Waals surface area contributed by atoms with E-state index in [-0.39, 0.29) is 0 Å². The van der Waals surface area contributed by atoms with E-state index >= 15 is 0 Å². The largest absolute Gasteiger partial charge is 0.790 e. The Morgan fingerprint density at radius 2 is 1.78 bits per heavy atom. The molecule has 1 saturated heterocycles. The van der Waals surface area contributed by atoms with Crippen LogP contribution in [0.2, 0.25) is 0 Å². The van der Waals surface area contributed by atoms with Gasteiger partial charge in [0.2, 0.25) is 0 Å². The van der Waals surface area contributed by atoms with Crippen molar-refractivity contribution in [1.29, 1.82) is 0 Å². The molecule has 1 fully saturated rings. The molecular formula is C6H11O10P2-3. The number of aliphatic hydroxyl groups is 2. The second-order valence-corrected chi connectivity index (χ2v) is 6.55. The first-order valence-electron chi connectivity index (χ1n) is 4.65. The van der Waals surface area contributed by atoms with Gasteiger partial charge in [0.15, 0.2) is 6.29 Å². The molecule has 0 spiro atoms. The lowest BCUT2D eigenvalue weighted by molar-refractivity contribution is -0.343. The van der Waals surface area contributed by atoms with E-state index < -0.39 is 46.6 Å². The van der Waals surface area contributed by atoms with Crippen molar-refractivity contribution in [2.75, 3.05) is 13.3 Å². The molecule has 5 atom stereocenters. The van der Waals surface area contributed by atoms with Crippen LogP contribution >= 0.6 is 15.4 Å². The summed E-state index contributed by atoms with van der Waals surface area (Å²) in [5, 5.41) is 18.8. The van der Waals surface area contributed by atoms with Crippen LogP contribution in [-0.2, 0) is 22.9 Å². The van der Waals surface area contributed by atoms with Gasteiger partial charge < -0.3 is 47.8 Å². The topological polar surface area (TPSA) is 171 Å². The number of aliphatic hydroxyl groups excluding tert-OH is 2. The number of hydrogen-bond donors (Lipinski definition) is 2. The highest BCUT2D eigenvalue weighted by atomic mass is 31.2. The van der Waals surface area contributed by atoms with Gasteiger partial charge in [-0.2, -0.15) is 0 Å². The van der Waals surface area contributed by atoms with Crippen LogP contribution in [0.3, 0.4) is 0 Å². The Morgan fingerprint density at radius 1 is 1.22 bits per heavy atom. The lowest BCUT2D eigenvalue weighted by Gasteiger charge is -2.30. The summed E-state index contributed by atoms with van der Waals surface area (Å²) in [6.07, 6.45) is -6.43. The van der Waals surface area contributed by atoms with Crippen LogP contribution in [0.1, 0.15) is 0 Å². The van der Waals surface area contributed by atoms with Crippen molar-refractivity contribution in [3.05, 3.63) is 0 Å². The van der Waals surface area contributed by atoms with E-state index in [9.17, 15) is 34.0 Å². The molecule has 2 N–H and O–H groups in total. The van der Waals surface area contributed by atoms with Gasteiger partial charge in [-0.3, -0.25) is 0 Å². The van der Waals surface area contributed by atoms with Gasteiger partial charge in [0.05, 0.1) is 14.4 Å². The Balaban J connectivity index is 2.59. The summed E-state index contributed by atoms with van der Waals surface area (Å²) >= 11 is 0. The second-order valence-electron chi connectivity index (χ2n) is 3.64. The predicted octanol–water partition coefficient (Wildman–Crippen LogP) is -3.52. The van der Waals surface area contributed by atoms with Crippen LogP contribution in [0, 0.1) is 0 Å². The fourth-order valence-corrected chi connectivity index (χ4v) is 2.17. The van der Waals surface area contributed by atoms with E-state index in [1.165, 1.54) is 0 Å². The van der Waals surface area contributed by atoms with Gasteiger partial charge in [0.1, 0.15) is 25.9 Å². The molecule has 0 radical (unpaired) electrons. The van der Waals surface area contributed by atoms with Crippen LogP contribution in [0.25, 0.3) is 0 Å². The van der Waals surface area contributed by atoms with Crippen LogP contribution in [0.4, 0.5) is 0 Å². The van der Waals surface area contributed by atoms with E-state index in [1.807, 2.05) is 0 Å². The average molecular weight is 305 g/mol. The van der Waals surface area contributed by atoms with Gasteiger partial charge in [-0.15, -0.1) is 0 Å². The van der Waals surface area contributed by atoms with Crippen molar-refractivity contribution < 1.29 is 47.8 Å². The zero-order valence-corrected chi connectivity index (χ0v) is 10.9. The molecule has 108 valence electrons. The molecule has 1 aliphatic rings. The molecule has 0 aliphatic carbocycles. The van der Waals surface area contributed by atoms with Crippen LogP contribution in [0.5, 0.6) is 0 Å². The molecule has 18 heavy (non-hydrogen) atoms. The highest BCUT2D eigenvalue weighted by molar-refractivity contribution is 7.50. The molecule has 1 aliphatic heterocycles. The quantitative estimate of drug-likeness (QED) is 0.485. The average Bonchev–Trinajstić information content (AvgIpc) is 2.40. The monoisotopic (exact) mass is 305 g/mol. The molecule has 0 amide bonds. The molecule has 0 saturated carbocycles. The Labute approximate surface area is 102 Å². The predicted molar refractivity (Wildman–Crippen MR) is 48.8 cm³/mol. The minimum atomic E-state index is -5.26. The number of hydrogen-bond acceptors (Lipinski definition) is 10. The van der Waals surface area contributed by atoms with Crippen LogP contribution in [-0.4, -0.2) is 48.1 Å². The maximum absolute atomic E-state index is 10.8. The maximum Gasteiger partial charge on any atom is 0.192 e. The zero-order valence-electron chi connectivity index (χ0n) is 9.07. The Hall–Kier alpha value is 0.140. The molecule has 10 nitrogen and oxygen atoms in total. The number of phosphoric ester groups is 1. The van der Waals surface area contributed by atoms with Crippen molar-refractivity contribution in [1.82, 2.24) is 0 Å². The lowest BCUT2D eigenvalue weighted by Crippen LogP contribution is -2.35. The Morgan fingerprint density at radius 3 is 2.22 bits per heavy atom. The first-order chi connectivity index (χ1) is 7.99. The molecule has 0 bridgehead atoms. The van der Waals surface area contributed by atoms with Crippen molar-refractivity contribution in [2.45, 2.75) is 24.6 Å². The maximum atomic E-state index is 10.8. The van der Waals surface area contributed by atoms with E-state index in [1.54, 1.807) is 0 Å². The van der Waals surface area contributed by atoms with E-state index in [0.29, 0.717) is 0 Å². The summed E-state index contributed by atoms with van der Waals surface area (Å²) in [5.41, 5.74) is 0. The SMILES string of the molecule is CP(=O)([O-])O[C@H]1O[C@H](COP(=O)([O-])[O-])[C@@H](O)[C@H]1O. The minimum Gasteiger partial charge on any atom is -0.790 e. The first kappa shape index (κ1) is 16.2. The van der Waals surface area contributed by atoms with E-state index in [2.05, 4.69) is 9.05 Å². The third-order valence-electron chi connectivity index (χ3n) is 2.01. The molecule has 12 heteroatoms. The molecule has 1 rings (SSSR count). The van der Waals surface area contributed by atoms with Gasteiger partial charge in [0, 0.05) is 6.66 Å². The number of rotatable bonds is 5. The second kappa shape index (κ2) is 5.64. The highest BCUT2D eigenvalue weighted by Crippen LogP contribution is 2.38. The molecular weight excluding hydrogens is 294 g/mol. The van der Waals surface area contributed by atoms with E-state index in [4.69, 9.17) is 4.74 Å². The molecule has 1 heterocycles. The van der Waals surface area contributed by atoms with Gasteiger partial charge in [-0.1, -0.05) is 0 Å². The van der Waals surface area contributed by atoms with Crippen molar-refractivity contribution >= 4 is 15.4 Å².